The molecule has 3 N–H and O–H groups in total. The molecule has 0 unspecified atom stereocenters. The fraction of sp³-hybridized carbons (Fsp3) is 0.444. The fourth-order valence-corrected chi connectivity index (χ4v) is 1.00. The number of anilines is 2. The summed E-state index contributed by atoms with van der Waals surface area (Å²) in [4.78, 5) is 6.05. The number of rotatable bonds is 3. The van der Waals surface area contributed by atoms with E-state index in [4.69, 9.17) is 10.8 Å². The third-order valence-corrected chi connectivity index (χ3v) is 1.96. The number of aryl methyl sites for hydroxylation is 1. The maximum atomic E-state index is 8.72. The van der Waals surface area contributed by atoms with Crippen LogP contribution in [0, 0.1) is 6.92 Å². The zero-order chi connectivity index (χ0) is 9.84. The number of hydrogen-bond acceptors (Lipinski definition) is 4. The quantitative estimate of drug-likeness (QED) is 0.708. The molecule has 0 spiro atoms. The lowest BCUT2D eigenvalue weighted by molar-refractivity contribution is 0.304. The molecule has 0 aliphatic carbocycles. The molecule has 0 fully saturated rings. The summed E-state index contributed by atoms with van der Waals surface area (Å²) in [6.45, 7) is 2.60. The normalized spacial score (nSPS) is 10.1. The average Bonchev–Trinajstić information content (AvgIpc) is 2.10. The summed E-state index contributed by atoms with van der Waals surface area (Å²) < 4.78 is 0. The van der Waals surface area contributed by atoms with Gasteiger partial charge in [0.1, 0.15) is 5.82 Å². The number of hydrogen-bond donors (Lipinski definition) is 2. The first-order chi connectivity index (χ1) is 6.15. The highest BCUT2D eigenvalue weighted by Crippen LogP contribution is 2.15. The molecular formula is C9H15N3O. The molecule has 0 aliphatic rings. The number of nitrogens with zero attached hydrogens (tertiary/aromatic N) is 2. The van der Waals surface area contributed by atoms with Gasteiger partial charge in [0, 0.05) is 31.5 Å². The molecule has 0 bridgehead atoms. The molecule has 0 aliphatic heterocycles. The molecule has 13 heavy (non-hydrogen) atoms. The van der Waals surface area contributed by atoms with E-state index < -0.39 is 0 Å². The maximum Gasteiger partial charge on any atom is 0.130 e. The Bertz CT molecular complexity index is 288. The van der Waals surface area contributed by atoms with Gasteiger partial charge in [-0.1, -0.05) is 0 Å². The van der Waals surface area contributed by atoms with Crippen LogP contribution in [-0.4, -0.2) is 30.3 Å². The summed E-state index contributed by atoms with van der Waals surface area (Å²) in [7, 11) is 1.87. The molecule has 0 amide bonds. The van der Waals surface area contributed by atoms with E-state index in [9.17, 15) is 0 Å². The Hall–Kier alpha value is -1.29. The molecule has 72 valence electrons. The summed E-state index contributed by atoms with van der Waals surface area (Å²) >= 11 is 0. The molecule has 0 atom stereocenters. The fourth-order valence-electron chi connectivity index (χ4n) is 1.00. The predicted molar refractivity (Wildman–Crippen MR) is 53.7 cm³/mol. The van der Waals surface area contributed by atoms with Gasteiger partial charge in [-0.25, -0.2) is 4.98 Å². The van der Waals surface area contributed by atoms with Crippen LogP contribution < -0.4 is 10.6 Å². The van der Waals surface area contributed by atoms with Gasteiger partial charge in [0.25, 0.3) is 0 Å². The molecule has 0 aromatic carbocycles. The Kier molecular flexibility index (Phi) is 3.08. The van der Waals surface area contributed by atoms with Gasteiger partial charge in [-0.15, -0.1) is 0 Å². The second-order valence-corrected chi connectivity index (χ2v) is 3.04. The van der Waals surface area contributed by atoms with Crippen molar-refractivity contribution in [3.8, 4) is 0 Å². The van der Waals surface area contributed by atoms with Crippen molar-refractivity contribution in [2.24, 2.45) is 0 Å². The van der Waals surface area contributed by atoms with Crippen molar-refractivity contribution >= 4 is 11.5 Å². The van der Waals surface area contributed by atoms with E-state index in [1.807, 2.05) is 24.9 Å². The van der Waals surface area contributed by atoms with Crippen LogP contribution in [0.1, 0.15) is 5.56 Å². The molecular weight excluding hydrogens is 166 g/mol. The summed E-state index contributed by atoms with van der Waals surface area (Å²) in [6.07, 6.45) is 1.73. The zero-order valence-electron chi connectivity index (χ0n) is 7.99. The van der Waals surface area contributed by atoms with Crippen molar-refractivity contribution in [3.63, 3.8) is 0 Å². The lowest BCUT2D eigenvalue weighted by atomic mass is 10.2. The lowest BCUT2D eigenvalue weighted by Crippen LogP contribution is -2.22. The van der Waals surface area contributed by atoms with Gasteiger partial charge in [0.15, 0.2) is 0 Å². The highest BCUT2D eigenvalue weighted by atomic mass is 16.3. The molecule has 0 radical (unpaired) electrons. The Morgan fingerprint density at radius 2 is 2.31 bits per heavy atom. The lowest BCUT2D eigenvalue weighted by Gasteiger charge is -2.17. The third kappa shape index (κ3) is 2.32. The topological polar surface area (TPSA) is 62.4 Å². The van der Waals surface area contributed by atoms with Crippen LogP contribution in [0.3, 0.4) is 0 Å². The summed E-state index contributed by atoms with van der Waals surface area (Å²) in [6, 6.07) is 1.81. The van der Waals surface area contributed by atoms with Crippen molar-refractivity contribution in [1.29, 1.82) is 0 Å². The largest absolute Gasteiger partial charge is 0.398 e. The molecule has 1 rings (SSSR count). The Morgan fingerprint density at radius 3 is 2.85 bits per heavy atom. The van der Waals surface area contributed by atoms with E-state index in [0.29, 0.717) is 6.54 Å². The average molecular weight is 181 g/mol. The van der Waals surface area contributed by atoms with Gasteiger partial charge in [0.2, 0.25) is 0 Å². The Morgan fingerprint density at radius 1 is 1.62 bits per heavy atom. The number of nitrogen functional groups attached to an aromatic ring is 1. The first kappa shape index (κ1) is 9.80. The van der Waals surface area contributed by atoms with E-state index in [-0.39, 0.29) is 6.61 Å². The number of likely N-dealkylation sites (N-methyl/N-ethyl adjacent to an activating group) is 1. The molecule has 0 saturated carbocycles. The Labute approximate surface area is 78.0 Å². The molecule has 1 aromatic heterocycles. The standard InChI is InChI=1S/C9H15N3O/c1-7-6-11-9(5-8(7)10)12(2)3-4-13/h5-6,13H,3-4H2,1-2H3,(H2,10,11). The number of pyridine rings is 1. The van der Waals surface area contributed by atoms with Crippen LogP contribution in [0.4, 0.5) is 11.5 Å². The van der Waals surface area contributed by atoms with E-state index in [0.717, 1.165) is 17.1 Å². The van der Waals surface area contributed by atoms with Gasteiger partial charge in [-0.2, -0.15) is 0 Å². The van der Waals surface area contributed by atoms with Gasteiger partial charge < -0.3 is 15.7 Å². The zero-order valence-corrected chi connectivity index (χ0v) is 7.99. The second-order valence-electron chi connectivity index (χ2n) is 3.04. The SMILES string of the molecule is Cc1cnc(N(C)CCO)cc1N. The highest BCUT2D eigenvalue weighted by Gasteiger charge is 2.02. The third-order valence-electron chi connectivity index (χ3n) is 1.96. The number of aliphatic hydroxyl groups is 1. The van der Waals surface area contributed by atoms with Gasteiger partial charge in [0.05, 0.1) is 6.61 Å². The minimum atomic E-state index is 0.117. The summed E-state index contributed by atoms with van der Waals surface area (Å²) in [5.41, 5.74) is 7.43. The molecule has 1 aromatic rings. The van der Waals surface area contributed by atoms with Crippen molar-refractivity contribution < 1.29 is 5.11 Å². The van der Waals surface area contributed by atoms with Crippen LogP contribution in [0.5, 0.6) is 0 Å². The van der Waals surface area contributed by atoms with Crippen LogP contribution in [-0.2, 0) is 0 Å². The summed E-state index contributed by atoms with van der Waals surface area (Å²) in [5, 5.41) is 8.72. The van der Waals surface area contributed by atoms with Gasteiger partial charge in [-0.3, -0.25) is 0 Å². The first-order valence-corrected chi connectivity index (χ1v) is 4.19. The second kappa shape index (κ2) is 4.09. The van der Waals surface area contributed by atoms with Gasteiger partial charge in [-0.05, 0) is 12.5 Å². The predicted octanol–water partition coefficient (Wildman–Crippen LogP) is 0.401. The highest BCUT2D eigenvalue weighted by molar-refractivity contribution is 5.54. The minimum absolute atomic E-state index is 0.117. The monoisotopic (exact) mass is 181 g/mol. The number of nitrogens with two attached hydrogens (primary N) is 1. The number of aromatic nitrogens is 1. The van der Waals surface area contributed by atoms with E-state index in [1.54, 1.807) is 6.20 Å². The Balaban J connectivity index is 2.84. The van der Waals surface area contributed by atoms with Crippen LogP contribution in [0.25, 0.3) is 0 Å². The van der Waals surface area contributed by atoms with E-state index in [2.05, 4.69) is 4.98 Å². The van der Waals surface area contributed by atoms with E-state index in [1.165, 1.54) is 0 Å². The first-order valence-electron chi connectivity index (χ1n) is 4.19. The molecule has 4 nitrogen and oxygen atoms in total. The maximum absolute atomic E-state index is 8.72. The molecule has 4 heteroatoms. The van der Waals surface area contributed by atoms with Crippen LogP contribution >= 0.6 is 0 Å². The van der Waals surface area contributed by atoms with Gasteiger partial charge >= 0.3 is 0 Å². The van der Waals surface area contributed by atoms with Crippen molar-refractivity contribution in [1.82, 2.24) is 4.98 Å². The summed E-state index contributed by atoms with van der Waals surface area (Å²) in [5.74, 6) is 0.789. The van der Waals surface area contributed by atoms with Crippen LogP contribution in [0.2, 0.25) is 0 Å². The number of aliphatic hydroxyl groups excluding tert-OH is 1. The van der Waals surface area contributed by atoms with Crippen molar-refractivity contribution in [3.05, 3.63) is 17.8 Å². The molecule has 1 heterocycles. The minimum Gasteiger partial charge on any atom is -0.398 e. The van der Waals surface area contributed by atoms with Crippen LogP contribution in [0.15, 0.2) is 12.3 Å². The smallest absolute Gasteiger partial charge is 0.130 e. The van der Waals surface area contributed by atoms with E-state index >= 15 is 0 Å². The van der Waals surface area contributed by atoms with Crippen molar-refractivity contribution in [2.75, 3.05) is 30.8 Å². The molecule has 0 saturated heterocycles. The van der Waals surface area contributed by atoms with Crippen molar-refractivity contribution in [2.45, 2.75) is 6.92 Å².